The van der Waals surface area contributed by atoms with Crippen molar-refractivity contribution in [2.75, 3.05) is 32.7 Å². The van der Waals surface area contributed by atoms with Crippen LogP contribution in [0.4, 0.5) is 0 Å². The first-order chi connectivity index (χ1) is 13.4. The summed E-state index contributed by atoms with van der Waals surface area (Å²) in [7, 11) is 0. The Morgan fingerprint density at radius 2 is 1.93 bits per heavy atom. The Balaban J connectivity index is 1.40. The maximum absolute atomic E-state index is 13.0. The van der Waals surface area contributed by atoms with Gasteiger partial charge in [0.1, 0.15) is 0 Å². The number of aryl methyl sites for hydroxylation is 1. The highest BCUT2D eigenvalue weighted by Crippen LogP contribution is 2.21. The Kier molecular flexibility index (Phi) is 5.05. The van der Waals surface area contributed by atoms with Gasteiger partial charge in [-0.1, -0.05) is 0 Å². The summed E-state index contributed by atoms with van der Waals surface area (Å²) in [6, 6.07) is 2.51. The minimum absolute atomic E-state index is 0.00581. The lowest BCUT2D eigenvalue weighted by Crippen LogP contribution is -2.51. The van der Waals surface area contributed by atoms with Gasteiger partial charge in [0.15, 0.2) is 5.65 Å². The van der Waals surface area contributed by atoms with E-state index in [9.17, 15) is 9.59 Å². The molecule has 4 rings (SSSR count). The van der Waals surface area contributed by atoms with E-state index in [4.69, 9.17) is 0 Å². The van der Waals surface area contributed by atoms with Crippen molar-refractivity contribution in [1.82, 2.24) is 29.9 Å². The SMILES string of the molecule is Cc1nc2c(cnn2C(C)C)cc1C(=O)N1CCN(CC(=O)NC2CC2)CC1. The van der Waals surface area contributed by atoms with Crippen LogP contribution in [-0.2, 0) is 4.79 Å². The molecule has 0 radical (unpaired) electrons. The number of carbonyl (C=O) groups excluding carboxylic acids is 2. The van der Waals surface area contributed by atoms with E-state index in [1.807, 2.05) is 22.6 Å². The molecule has 0 unspecified atom stereocenters. The molecule has 8 nitrogen and oxygen atoms in total. The summed E-state index contributed by atoms with van der Waals surface area (Å²) in [6.45, 7) is 9.09. The third-order valence-corrected chi connectivity index (χ3v) is 5.45. The lowest BCUT2D eigenvalue weighted by Gasteiger charge is -2.34. The van der Waals surface area contributed by atoms with Gasteiger partial charge in [-0.05, 0) is 39.7 Å². The molecule has 8 heteroatoms. The molecule has 2 aromatic rings. The lowest BCUT2D eigenvalue weighted by atomic mass is 10.1. The molecule has 0 atom stereocenters. The number of fused-ring (bicyclic) bond motifs is 1. The van der Waals surface area contributed by atoms with Crippen LogP contribution < -0.4 is 5.32 Å². The van der Waals surface area contributed by atoms with Crippen molar-refractivity contribution >= 4 is 22.8 Å². The summed E-state index contributed by atoms with van der Waals surface area (Å²) in [5, 5.41) is 8.30. The highest BCUT2D eigenvalue weighted by atomic mass is 16.2. The minimum Gasteiger partial charge on any atom is -0.352 e. The second-order valence-corrected chi connectivity index (χ2v) is 8.13. The van der Waals surface area contributed by atoms with Crippen molar-refractivity contribution < 1.29 is 9.59 Å². The van der Waals surface area contributed by atoms with Crippen molar-refractivity contribution in [3.63, 3.8) is 0 Å². The van der Waals surface area contributed by atoms with Crippen LogP contribution in [0.25, 0.3) is 11.0 Å². The predicted octanol–water partition coefficient (Wildman–Crippen LogP) is 1.36. The molecular weight excluding hydrogens is 356 g/mol. The van der Waals surface area contributed by atoms with Crippen LogP contribution in [0.2, 0.25) is 0 Å². The van der Waals surface area contributed by atoms with E-state index >= 15 is 0 Å². The predicted molar refractivity (Wildman–Crippen MR) is 106 cm³/mol. The Hall–Kier alpha value is -2.48. The molecule has 1 N–H and O–H groups in total. The number of nitrogens with one attached hydrogen (secondary N) is 1. The largest absolute Gasteiger partial charge is 0.352 e. The van der Waals surface area contributed by atoms with E-state index in [0.717, 1.165) is 29.6 Å². The third kappa shape index (κ3) is 3.87. The van der Waals surface area contributed by atoms with Crippen molar-refractivity contribution in [2.45, 2.75) is 45.7 Å². The number of amides is 2. The third-order valence-electron chi connectivity index (χ3n) is 5.45. The number of nitrogens with zero attached hydrogens (tertiary/aromatic N) is 5. The monoisotopic (exact) mass is 384 g/mol. The first-order valence-electron chi connectivity index (χ1n) is 10.1. The van der Waals surface area contributed by atoms with Crippen LogP contribution in [0.3, 0.4) is 0 Å². The summed E-state index contributed by atoms with van der Waals surface area (Å²) in [5.41, 5.74) is 2.18. The number of pyridine rings is 1. The Morgan fingerprint density at radius 1 is 1.21 bits per heavy atom. The number of piperazine rings is 1. The zero-order chi connectivity index (χ0) is 19.8. The summed E-state index contributed by atoms with van der Waals surface area (Å²) < 4.78 is 1.88. The molecule has 1 saturated heterocycles. The molecular formula is C20H28N6O2. The molecule has 2 aromatic heterocycles. The molecule has 0 aromatic carbocycles. The summed E-state index contributed by atoms with van der Waals surface area (Å²) in [4.78, 5) is 33.6. The fraction of sp³-hybridized carbons (Fsp3) is 0.600. The van der Waals surface area contributed by atoms with E-state index in [-0.39, 0.29) is 17.9 Å². The van der Waals surface area contributed by atoms with Gasteiger partial charge in [0, 0.05) is 43.6 Å². The van der Waals surface area contributed by atoms with E-state index < -0.39 is 0 Å². The normalized spacial score (nSPS) is 18.1. The lowest BCUT2D eigenvalue weighted by molar-refractivity contribution is -0.122. The van der Waals surface area contributed by atoms with Crippen LogP contribution >= 0.6 is 0 Å². The second-order valence-electron chi connectivity index (χ2n) is 8.13. The zero-order valence-electron chi connectivity index (χ0n) is 16.8. The van der Waals surface area contributed by atoms with Crippen LogP contribution in [0.1, 0.15) is 48.8 Å². The van der Waals surface area contributed by atoms with Gasteiger partial charge in [-0.15, -0.1) is 0 Å². The van der Waals surface area contributed by atoms with Crippen molar-refractivity contribution in [1.29, 1.82) is 0 Å². The fourth-order valence-electron chi connectivity index (χ4n) is 3.64. The fourth-order valence-corrected chi connectivity index (χ4v) is 3.64. The standard InChI is InChI=1S/C20H28N6O2/c1-13(2)26-19-15(11-21-26)10-17(14(3)22-19)20(28)25-8-6-24(7-9-25)12-18(27)23-16-4-5-16/h10-11,13,16H,4-9,12H2,1-3H3,(H,23,27). The quantitative estimate of drug-likeness (QED) is 0.842. The maximum atomic E-state index is 13.0. The van der Waals surface area contributed by atoms with Gasteiger partial charge in [0.2, 0.25) is 5.91 Å². The Labute approximate surface area is 164 Å². The molecule has 2 fully saturated rings. The molecule has 1 saturated carbocycles. The highest BCUT2D eigenvalue weighted by Gasteiger charge is 2.27. The van der Waals surface area contributed by atoms with E-state index in [1.54, 1.807) is 6.20 Å². The van der Waals surface area contributed by atoms with Crippen LogP contribution in [0, 0.1) is 6.92 Å². The molecule has 2 amide bonds. The van der Waals surface area contributed by atoms with Crippen LogP contribution in [0.5, 0.6) is 0 Å². The van der Waals surface area contributed by atoms with Crippen molar-refractivity contribution in [3.8, 4) is 0 Å². The van der Waals surface area contributed by atoms with Crippen molar-refractivity contribution in [2.24, 2.45) is 0 Å². The summed E-state index contributed by atoms with van der Waals surface area (Å²) in [6.07, 6.45) is 3.97. The highest BCUT2D eigenvalue weighted by molar-refractivity contribution is 5.98. The Morgan fingerprint density at radius 3 is 2.57 bits per heavy atom. The summed E-state index contributed by atoms with van der Waals surface area (Å²) >= 11 is 0. The topological polar surface area (TPSA) is 83.4 Å². The maximum Gasteiger partial charge on any atom is 0.255 e. The molecule has 0 bridgehead atoms. The average molecular weight is 384 g/mol. The molecule has 28 heavy (non-hydrogen) atoms. The molecule has 1 aliphatic carbocycles. The van der Waals surface area contributed by atoms with Gasteiger partial charge in [-0.25, -0.2) is 9.67 Å². The molecule has 2 aliphatic rings. The van der Waals surface area contributed by atoms with Crippen molar-refractivity contribution in [3.05, 3.63) is 23.5 Å². The van der Waals surface area contributed by atoms with E-state index in [0.29, 0.717) is 44.3 Å². The minimum atomic E-state index is 0.00581. The number of aromatic nitrogens is 3. The first-order valence-corrected chi connectivity index (χ1v) is 10.1. The molecule has 150 valence electrons. The molecule has 0 spiro atoms. The van der Waals surface area contributed by atoms with Gasteiger partial charge in [-0.3, -0.25) is 14.5 Å². The average Bonchev–Trinajstić information content (AvgIpc) is 3.37. The number of hydrogen-bond acceptors (Lipinski definition) is 5. The Bertz CT molecular complexity index is 893. The number of carbonyl (C=O) groups is 2. The van der Waals surface area contributed by atoms with Gasteiger partial charge in [-0.2, -0.15) is 5.10 Å². The van der Waals surface area contributed by atoms with Gasteiger partial charge in [0.05, 0.1) is 24.0 Å². The van der Waals surface area contributed by atoms with Crippen LogP contribution in [0.15, 0.2) is 12.3 Å². The smallest absolute Gasteiger partial charge is 0.255 e. The summed E-state index contributed by atoms with van der Waals surface area (Å²) in [5.74, 6) is 0.0983. The van der Waals surface area contributed by atoms with E-state index in [2.05, 4.69) is 34.1 Å². The van der Waals surface area contributed by atoms with Gasteiger partial charge in [0.25, 0.3) is 5.91 Å². The van der Waals surface area contributed by atoms with Gasteiger partial charge >= 0.3 is 0 Å². The van der Waals surface area contributed by atoms with Crippen LogP contribution in [-0.4, -0.2) is 75.1 Å². The first kappa shape index (κ1) is 18.9. The van der Waals surface area contributed by atoms with Gasteiger partial charge < -0.3 is 10.2 Å². The number of rotatable bonds is 5. The zero-order valence-corrected chi connectivity index (χ0v) is 16.8. The second kappa shape index (κ2) is 7.50. The molecule has 1 aliphatic heterocycles. The van der Waals surface area contributed by atoms with E-state index in [1.165, 1.54) is 0 Å². The number of hydrogen-bond donors (Lipinski definition) is 1. The molecule has 3 heterocycles.